The molecule has 1 N–H and O–H groups in total. The maximum absolute atomic E-state index is 13.6. The number of nitrogens with zero attached hydrogens (tertiary/aromatic N) is 1. The van der Waals surface area contributed by atoms with Crippen molar-refractivity contribution >= 4 is 16.5 Å². The highest BCUT2D eigenvalue weighted by Gasteiger charge is 2.22. The molecule has 1 aliphatic carbocycles. The predicted octanol–water partition coefficient (Wildman–Crippen LogP) is 7.37. The summed E-state index contributed by atoms with van der Waals surface area (Å²) in [6, 6.07) is 13.6. The molecule has 1 unspecified atom stereocenters. The maximum Gasteiger partial charge on any atom is 0.123 e. The van der Waals surface area contributed by atoms with Crippen LogP contribution < -0.4 is 4.74 Å². The topological polar surface area (TPSA) is 28.3 Å². The quantitative estimate of drug-likeness (QED) is 0.419. The Morgan fingerprint density at radius 2 is 1.84 bits per heavy atom. The summed E-state index contributed by atoms with van der Waals surface area (Å²) in [4.78, 5) is 5.91. The van der Waals surface area contributed by atoms with Gasteiger partial charge in [-0.15, -0.1) is 0 Å². The molecule has 2 aromatic carbocycles. The van der Waals surface area contributed by atoms with E-state index in [2.05, 4.69) is 29.8 Å². The van der Waals surface area contributed by atoms with Gasteiger partial charge >= 0.3 is 0 Å². The van der Waals surface area contributed by atoms with Crippen molar-refractivity contribution in [3.63, 3.8) is 0 Å². The summed E-state index contributed by atoms with van der Waals surface area (Å²) in [6.45, 7) is 8.93. The number of benzene rings is 2. The summed E-state index contributed by atoms with van der Waals surface area (Å²) >= 11 is 0. The second-order valence-electron chi connectivity index (χ2n) is 8.56. The Morgan fingerprint density at radius 3 is 2.44 bits per heavy atom. The van der Waals surface area contributed by atoms with Crippen molar-refractivity contribution < 1.29 is 9.13 Å². The van der Waals surface area contributed by atoms with Gasteiger partial charge in [-0.2, -0.15) is 0 Å². The molecule has 0 saturated heterocycles. The Kier molecular flexibility index (Phi) is 8.92. The third kappa shape index (κ3) is 6.01. The molecule has 1 aromatic heterocycles. The van der Waals surface area contributed by atoms with E-state index in [9.17, 15) is 4.39 Å². The Bertz CT molecular complexity index is 1020. The molecule has 172 valence electrons. The van der Waals surface area contributed by atoms with Crippen molar-refractivity contribution in [2.24, 2.45) is 0 Å². The van der Waals surface area contributed by atoms with Gasteiger partial charge in [0.25, 0.3) is 0 Å². The van der Waals surface area contributed by atoms with Gasteiger partial charge in [0.2, 0.25) is 0 Å². The fourth-order valence-electron chi connectivity index (χ4n) is 4.59. The molecule has 4 heteroatoms. The number of methoxy groups -OCH3 is 1. The fraction of sp³-hybridized carbons (Fsp3) is 0.429. The lowest BCUT2D eigenvalue weighted by atomic mass is 9.89. The number of rotatable bonds is 7. The predicted molar refractivity (Wildman–Crippen MR) is 134 cm³/mol. The molecular formula is C28H37FN2O. The zero-order chi connectivity index (χ0) is 22.9. The average molecular weight is 437 g/mol. The van der Waals surface area contributed by atoms with E-state index < -0.39 is 0 Å². The normalized spacial score (nSPS) is 15.9. The van der Waals surface area contributed by atoms with Crippen molar-refractivity contribution in [2.75, 3.05) is 20.2 Å². The van der Waals surface area contributed by atoms with Crippen LogP contribution in [-0.2, 0) is 0 Å². The monoisotopic (exact) mass is 436 g/mol. The van der Waals surface area contributed by atoms with Crippen LogP contribution in [0, 0.1) is 12.7 Å². The molecule has 0 aliphatic heterocycles. The van der Waals surface area contributed by atoms with Crippen LogP contribution >= 0.6 is 0 Å². The zero-order valence-electron chi connectivity index (χ0n) is 20.0. The summed E-state index contributed by atoms with van der Waals surface area (Å²) < 4.78 is 18.6. The highest BCUT2D eigenvalue weighted by Crippen LogP contribution is 2.33. The summed E-state index contributed by atoms with van der Waals surface area (Å²) in [5.74, 6) is 0.794. The van der Waals surface area contributed by atoms with E-state index in [1.807, 2.05) is 43.5 Å². The number of ether oxygens (including phenoxy) is 1. The molecule has 1 atom stereocenters. The summed E-state index contributed by atoms with van der Waals surface area (Å²) in [5.41, 5.74) is 4.74. The number of allylic oxidation sites excluding steroid dienone is 1. The SMILES string of the molecule is CCCN(CCC)C1CC=C(c2c[nH]c3ccc(F)cc23)CC1.COc1ccccc1C. The first-order valence-corrected chi connectivity index (χ1v) is 11.9. The van der Waals surface area contributed by atoms with Crippen LogP contribution in [0.5, 0.6) is 5.75 Å². The van der Waals surface area contributed by atoms with E-state index in [4.69, 9.17) is 4.74 Å². The molecule has 0 radical (unpaired) electrons. The smallest absolute Gasteiger partial charge is 0.123 e. The third-order valence-electron chi connectivity index (χ3n) is 6.22. The maximum atomic E-state index is 13.6. The van der Waals surface area contributed by atoms with Crippen LogP contribution in [0.2, 0.25) is 0 Å². The largest absolute Gasteiger partial charge is 0.496 e. The second kappa shape index (κ2) is 11.9. The number of hydrogen-bond acceptors (Lipinski definition) is 2. The fourth-order valence-corrected chi connectivity index (χ4v) is 4.59. The highest BCUT2D eigenvalue weighted by atomic mass is 19.1. The first kappa shape index (κ1) is 24.1. The molecule has 32 heavy (non-hydrogen) atoms. The number of nitrogens with one attached hydrogen (secondary N) is 1. The van der Waals surface area contributed by atoms with Gasteiger partial charge in [0.15, 0.2) is 0 Å². The van der Waals surface area contributed by atoms with E-state index in [0.717, 1.165) is 29.5 Å². The Labute approximate surface area is 192 Å². The number of H-pyrrole nitrogens is 1. The van der Waals surface area contributed by atoms with Gasteiger partial charge in [0.1, 0.15) is 11.6 Å². The van der Waals surface area contributed by atoms with Gasteiger partial charge in [-0.05, 0) is 87.5 Å². The molecule has 3 nitrogen and oxygen atoms in total. The zero-order valence-corrected chi connectivity index (χ0v) is 20.0. The first-order valence-electron chi connectivity index (χ1n) is 11.9. The van der Waals surface area contributed by atoms with Crippen LogP contribution in [0.1, 0.15) is 57.1 Å². The van der Waals surface area contributed by atoms with E-state index in [0.29, 0.717) is 6.04 Å². The van der Waals surface area contributed by atoms with E-state index in [1.165, 1.54) is 55.1 Å². The minimum Gasteiger partial charge on any atom is -0.496 e. The minimum atomic E-state index is -0.162. The van der Waals surface area contributed by atoms with Crippen LogP contribution in [0.4, 0.5) is 4.39 Å². The van der Waals surface area contributed by atoms with Crippen LogP contribution in [0.25, 0.3) is 16.5 Å². The van der Waals surface area contributed by atoms with Crippen molar-refractivity contribution in [3.05, 3.63) is 71.7 Å². The van der Waals surface area contributed by atoms with Gasteiger partial charge in [-0.25, -0.2) is 4.39 Å². The lowest BCUT2D eigenvalue weighted by molar-refractivity contribution is 0.186. The molecule has 0 spiro atoms. The number of aromatic nitrogens is 1. The molecule has 3 aromatic rings. The number of halogens is 1. The molecule has 0 bridgehead atoms. The number of aryl methyl sites for hydroxylation is 1. The highest BCUT2D eigenvalue weighted by molar-refractivity contribution is 5.92. The summed E-state index contributed by atoms with van der Waals surface area (Å²) in [5, 5.41) is 1.01. The van der Waals surface area contributed by atoms with Crippen molar-refractivity contribution in [1.82, 2.24) is 9.88 Å². The minimum absolute atomic E-state index is 0.162. The van der Waals surface area contributed by atoms with Crippen LogP contribution in [0.15, 0.2) is 54.7 Å². The molecule has 0 fully saturated rings. The number of fused-ring (bicyclic) bond motifs is 1. The molecule has 1 heterocycles. The van der Waals surface area contributed by atoms with Crippen molar-refractivity contribution in [1.29, 1.82) is 0 Å². The standard InChI is InChI=1S/C20H27FN2.C8H10O/c1-3-11-23(12-4-2)17-8-5-15(6-9-17)19-14-22-20-10-7-16(21)13-18(19)20;1-7-5-3-4-6-8(7)9-2/h5,7,10,13-14,17,22H,3-4,6,8-9,11-12H2,1-2H3;3-6H,1-2H3. The summed E-state index contributed by atoms with van der Waals surface area (Å²) in [7, 11) is 1.68. The first-order chi connectivity index (χ1) is 15.6. The van der Waals surface area contributed by atoms with Gasteiger partial charge in [-0.3, -0.25) is 0 Å². The second-order valence-corrected chi connectivity index (χ2v) is 8.56. The Balaban J connectivity index is 0.000000269. The van der Waals surface area contributed by atoms with Gasteiger partial charge in [0.05, 0.1) is 7.11 Å². The average Bonchev–Trinajstić information content (AvgIpc) is 3.23. The van der Waals surface area contributed by atoms with E-state index in [-0.39, 0.29) is 5.82 Å². The van der Waals surface area contributed by atoms with E-state index in [1.54, 1.807) is 13.2 Å². The molecule has 1 aliphatic rings. The molecular weight excluding hydrogens is 399 g/mol. The lowest BCUT2D eigenvalue weighted by Gasteiger charge is -2.33. The number of para-hydroxylation sites is 1. The van der Waals surface area contributed by atoms with Gasteiger partial charge in [0, 0.05) is 28.7 Å². The lowest BCUT2D eigenvalue weighted by Crippen LogP contribution is -2.37. The Hall–Kier alpha value is -2.59. The third-order valence-corrected chi connectivity index (χ3v) is 6.22. The van der Waals surface area contributed by atoms with Crippen LogP contribution in [0.3, 0.4) is 0 Å². The molecule has 0 amide bonds. The number of hydrogen-bond donors (Lipinski definition) is 1. The van der Waals surface area contributed by atoms with E-state index >= 15 is 0 Å². The molecule has 4 rings (SSSR count). The van der Waals surface area contributed by atoms with Gasteiger partial charge in [-0.1, -0.05) is 38.1 Å². The van der Waals surface area contributed by atoms with Crippen molar-refractivity contribution in [2.45, 2.75) is 58.9 Å². The van der Waals surface area contributed by atoms with Crippen LogP contribution in [-0.4, -0.2) is 36.1 Å². The summed E-state index contributed by atoms with van der Waals surface area (Å²) in [6.07, 6.45) is 10.2. The molecule has 0 saturated carbocycles. The number of aromatic amines is 1. The van der Waals surface area contributed by atoms with Gasteiger partial charge < -0.3 is 14.6 Å². The Morgan fingerprint density at radius 1 is 1.09 bits per heavy atom. The van der Waals surface area contributed by atoms with Crippen molar-refractivity contribution in [3.8, 4) is 5.75 Å².